The maximum absolute atomic E-state index is 13.3. The van der Waals surface area contributed by atoms with Gasteiger partial charge in [0.05, 0.1) is 11.0 Å². The Labute approximate surface area is 274 Å². The van der Waals surface area contributed by atoms with Crippen LogP contribution in [0.3, 0.4) is 0 Å². The molecule has 7 unspecified atom stereocenters. The minimum Gasteiger partial charge on any atom is -0.504 e. The van der Waals surface area contributed by atoms with Crippen LogP contribution in [0, 0.1) is 5.92 Å². The Morgan fingerprint density at radius 1 is 1.11 bits per heavy atom. The van der Waals surface area contributed by atoms with Crippen molar-refractivity contribution in [2.45, 2.75) is 121 Å². The summed E-state index contributed by atoms with van der Waals surface area (Å²) in [6, 6.07) is 1.13. The van der Waals surface area contributed by atoms with E-state index in [0.717, 1.165) is 11.1 Å². The molecule has 1 aromatic rings. The summed E-state index contributed by atoms with van der Waals surface area (Å²) in [4.78, 5) is 53.8. The van der Waals surface area contributed by atoms with Crippen LogP contribution in [0.1, 0.15) is 78.9 Å². The van der Waals surface area contributed by atoms with Gasteiger partial charge in [0, 0.05) is 18.0 Å². The summed E-state index contributed by atoms with van der Waals surface area (Å²) in [5, 5.41) is 28.1. The molecule has 258 valence electrons. The molecule has 0 aromatic heterocycles. The lowest BCUT2D eigenvalue weighted by atomic mass is 9.50. The number of likely N-dealkylation sites (N-methyl/N-ethyl adjacent to an activating group) is 1. The summed E-state index contributed by atoms with van der Waals surface area (Å²) in [6.07, 6.45) is 0.261. The number of benzene rings is 1. The molecule has 1 saturated heterocycles. The van der Waals surface area contributed by atoms with E-state index in [1.807, 2.05) is 27.0 Å². The first-order valence-electron chi connectivity index (χ1n) is 16.2. The Balaban J connectivity index is 1.25. The highest BCUT2D eigenvalue weighted by atomic mass is 16.6. The molecule has 2 aliphatic carbocycles. The lowest BCUT2D eigenvalue weighted by molar-refractivity contribution is -0.176. The van der Waals surface area contributed by atoms with Crippen molar-refractivity contribution in [3.05, 3.63) is 35.1 Å². The number of phenolic OH excluding ortho intramolecular Hbond substituents is 1. The van der Waals surface area contributed by atoms with Gasteiger partial charge in [0.25, 0.3) is 0 Å². The van der Waals surface area contributed by atoms with Gasteiger partial charge in [-0.1, -0.05) is 19.9 Å². The lowest BCUT2D eigenvalue weighted by Gasteiger charge is -2.61. The fourth-order valence-corrected chi connectivity index (χ4v) is 7.49. The summed E-state index contributed by atoms with van der Waals surface area (Å²) in [5.41, 5.74) is -1.18. The van der Waals surface area contributed by atoms with Gasteiger partial charge in [-0.25, -0.2) is 14.4 Å². The molecule has 13 nitrogen and oxygen atoms in total. The van der Waals surface area contributed by atoms with Gasteiger partial charge in [-0.15, -0.1) is 0 Å². The average molecular weight is 658 g/mol. The molecular formula is C34H47N3O10. The molecule has 2 bridgehead atoms. The SMILES string of the molecule is CC(C)CC(NC(=O)OC(C)(C)C)C(=O)NC(C)C(=O)OC(C)C(=O)OC1=CCC2(O)C3Cc4ccc(O)c5c4C2(CCN3C)C1O5. The number of phenols is 1. The zero-order valence-corrected chi connectivity index (χ0v) is 28.3. The van der Waals surface area contributed by atoms with Crippen LogP contribution in [-0.4, -0.2) is 94.2 Å². The smallest absolute Gasteiger partial charge is 0.408 e. The quantitative estimate of drug-likeness (QED) is 0.227. The summed E-state index contributed by atoms with van der Waals surface area (Å²) >= 11 is 0. The Morgan fingerprint density at radius 2 is 1.81 bits per heavy atom. The second kappa shape index (κ2) is 12.3. The number of amides is 2. The molecule has 47 heavy (non-hydrogen) atoms. The monoisotopic (exact) mass is 657 g/mol. The molecule has 0 radical (unpaired) electrons. The first kappa shape index (κ1) is 34.5. The number of piperidine rings is 1. The topological polar surface area (TPSA) is 173 Å². The Morgan fingerprint density at radius 3 is 2.47 bits per heavy atom. The number of likely N-dealkylation sites (tertiary alicyclic amines) is 1. The number of carbonyl (C=O) groups excluding carboxylic acids is 4. The highest BCUT2D eigenvalue weighted by molar-refractivity contribution is 5.90. The molecule has 5 rings (SSSR count). The fraction of sp³-hybridized carbons (Fsp3) is 0.647. The number of nitrogens with one attached hydrogen (secondary N) is 2. The predicted octanol–water partition coefficient (Wildman–Crippen LogP) is 2.59. The van der Waals surface area contributed by atoms with Gasteiger partial charge in [0.2, 0.25) is 5.91 Å². The minimum absolute atomic E-state index is 0.0450. The molecule has 1 fully saturated rings. The van der Waals surface area contributed by atoms with Crippen molar-refractivity contribution in [1.82, 2.24) is 15.5 Å². The van der Waals surface area contributed by atoms with Gasteiger partial charge < -0.3 is 44.7 Å². The van der Waals surface area contributed by atoms with Crippen LogP contribution < -0.4 is 15.4 Å². The third-order valence-electron chi connectivity index (χ3n) is 9.62. The maximum Gasteiger partial charge on any atom is 0.408 e. The molecule has 2 aliphatic heterocycles. The van der Waals surface area contributed by atoms with Crippen molar-refractivity contribution in [3.63, 3.8) is 0 Å². The average Bonchev–Trinajstić information content (AvgIpc) is 3.32. The molecule has 1 spiro atoms. The van der Waals surface area contributed by atoms with Gasteiger partial charge in [-0.3, -0.25) is 4.79 Å². The number of alkyl carbamates (subject to hydrolysis) is 1. The number of esters is 2. The number of aliphatic hydroxyl groups is 1. The van der Waals surface area contributed by atoms with Crippen molar-refractivity contribution in [3.8, 4) is 11.5 Å². The van der Waals surface area contributed by atoms with Crippen LogP contribution in [-0.2, 0) is 40.4 Å². The van der Waals surface area contributed by atoms with Crippen LogP contribution in [0.15, 0.2) is 24.0 Å². The number of aromatic hydroxyl groups is 1. The zero-order chi connectivity index (χ0) is 34.6. The summed E-state index contributed by atoms with van der Waals surface area (Å²) in [6.45, 7) is 12.3. The maximum atomic E-state index is 13.3. The number of hydrogen-bond donors (Lipinski definition) is 4. The minimum atomic E-state index is -1.35. The van der Waals surface area contributed by atoms with E-state index in [4.69, 9.17) is 18.9 Å². The van der Waals surface area contributed by atoms with Crippen LogP contribution in [0.5, 0.6) is 11.5 Å². The number of hydrogen-bond acceptors (Lipinski definition) is 11. The van der Waals surface area contributed by atoms with Crippen molar-refractivity contribution < 1.29 is 48.3 Å². The third-order valence-corrected chi connectivity index (χ3v) is 9.62. The van der Waals surface area contributed by atoms with Crippen molar-refractivity contribution in [2.24, 2.45) is 5.92 Å². The molecule has 2 heterocycles. The highest BCUT2D eigenvalue weighted by Crippen LogP contribution is 2.65. The Kier molecular flexibility index (Phi) is 9.04. The molecule has 13 heteroatoms. The zero-order valence-electron chi connectivity index (χ0n) is 28.3. The van der Waals surface area contributed by atoms with Crippen LogP contribution in [0.25, 0.3) is 0 Å². The van der Waals surface area contributed by atoms with Gasteiger partial charge in [0.1, 0.15) is 23.4 Å². The van der Waals surface area contributed by atoms with Crippen molar-refractivity contribution in [1.29, 1.82) is 0 Å². The highest BCUT2D eigenvalue weighted by Gasteiger charge is 2.72. The molecule has 2 amide bonds. The molecule has 0 saturated carbocycles. The largest absolute Gasteiger partial charge is 0.504 e. The Hall–Kier alpha value is -3.84. The number of ether oxygens (including phenoxy) is 4. The Bertz CT molecular complexity index is 1480. The van der Waals surface area contributed by atoms with Crippen LogP contribution in [0.4, 0.5) is 4.79 Å². The summed E-state index contributed by atoms with van der Waals surface area (Å²) < 4.78 is 22.8. The van der Waals surface area contributed by atoms with E-state index < -0.39 is 64.8 Å². The second-order valence-electron chi connectivity index (χ2n) is 14.7. The molecular weight excluding hydrogens is 610 g/mol. The van der Waals surface area contributed by atoms with Gasteiger partial charge >= 0.3 is 18.0 Å². The standard InChI is InChI=1S/C34H47N3O10/c1-17(2)15-21(36-31(42)47-32(5,6)7)28(39)35-18(3)29(40)44-19(4)30(41)45-23-11-12-34(43)24-16-20-9-10-22(38)26-25(20)33(34,27(23)46-26)13-14-37(24)8/h9-11,17-19,21,24,27,38,43H,12-16H2,1-8H3,(H,35,39)(H,36,42). The van der Waals surface area contributed by atoms with E-state index in [9.17, 15) is 29.4 Å². The molecule has 4 N–H and O–H groups in total. The van der Waals surface area contributed by atoms with Gasteiger partial charge in [-0.05, 0) is 91.1 Å². The number of rotatable bonds is 9. The third kappa shape index (κ3) is 6.15. The second-order valence-corrected chi connectivity index (χ2v) is 14.7. The summed E-state index contributed by atoms with van der Waals surface area (Å²) in [5.74, 6) is -1.87. The predicted molar refractivity (Wildman–Crippen MR) is 168 cm³/mol. The van der Waals surface area contributed by atoms with E-state index in [-0.39, 0.29) is 29.9 Å². The van der Waals surface area contributed by atoms with E-state index in [2.05, 4.69) is 15.5 Å². The van der Waals surface area contributed by atoms with Crippen molar-refractivity contribution >= 4 is 23.9 Å². The number of nitrogens with zero attached hydrogens (tertiary/aromatic N) is 1. The van der Waals surface area contributed by atoms with Crippen LogP contribution >= 0.6 is 0 Å². The van der Waals surface area contributed by atoms with Crippen molar-refractivity contribution in [2.75, 3.05) is 13.6 Å². The van der Waals surface area contributed by atoms with Gasteiger partial charge in [-0.2, -0.15) is 0 Å². The van der Waals surface area contributed by atoms with Gasteiger partial charge in [0.15, 0.2) is 23.7 Å². The van der Waals surface area contributed by atoms with E-state index in [1.165, 1.54) is 13.8 Å². The lowest BCUT2D eigenvalue weighted by Crippen LogP contribution is -2.74. The normalized spacial score (nSPS) is 27.7. The van der Waals surface area contributed by atoms with Crippen LogP contribution in [0.2, 0.25) is 0 Å². The first-order chi connectivity index (χ1) is 21.9. The first-order valence-corrected chi connectivity index (χ1v) is 16.2. The molecule has 4 aliphatic rings. The van der Waals surface area contributed by atoms with E-state index in [0.29, 0.717) is 31.6 Å². The number of carbonyl (C=O) groups is 4. The molecule has 1 aromatic carbocycles. The van der Waals surface area contributed by atoms with E-state index in [1.54, 1.807) is 32.9 Å². The summed E-state index contributed by atoms with van der Waals surface area (Å²) in [7, 11) is 1.98. The fourth-order valence-electron chi connectivity index (χ4n) is 7.49. The molecule has 7 atom stereocenters. The van der Waals surface area contributed by atoms with E-state index >= 15 is 0 Å².